The molecular formula is C26H24ClFN4O6. The fraction of sp³-hybridized carbons (Fsp3) is 0.231. The van der Waals surface area contributed by atoms with E-state index in [2.05, 4.69) is 10.6 Å². The first-order valence-electron chi connectivity index (χ1n) is 11.5. The molecule has 3 amide bonds. The van der Waals surface area contributed by atoms with E-state index < -0.39 is 41.4 Å². The average molecular weight is 543 g/mol. The van der Waals surface area contributed by atoms with Crippen LogP contribution in [0.1, 0.15) is 16.9 Å². The van der Waals surface area contributed by atoms with Crippen molar-refractivity contribution in [1.29, 1.82) is 0 Å². The summed E-state index contributed by atoms with van der Waals surface area (Å²) in [5, 5.41) is 5.73. The van der Waals surface area contributed by atoms with Crippen LogP contribution in [-0.4, -0.2) is 60.3 Å². The van der Waals surface area contributed by atoms with Crippen molar-refractivity contribution in [1.82, 2.24) is 9.47 Å². The number of halogens is 2. The van der Waals surface area contributed by atoms with Crippen molar-refractivity contribution >= 4 is 40.9 Å². The van der Waals surface area contributed by atoms with Crippen LogP contribution in [0.15, 0.2) is 65.5 Å². The van der Waals surface area contributed by atoms with E-state index in [1.54, 1.807) is 24.3 Å². The number of aromatic nitrogens is 1. The van der Waals surface area contributed by atoms with Gasteiger partial charge in [-0.1, -0.05) is 17.7 Å². The first kappa shape index (κ1) is 26.8. The zero-order chi connectivity index (χ0) is 27.4. The fourth-order valence-corrected chi connectivity index (χ4v) is 4.28. The lowest BCUT2D eigenvalue weighted by Crippen LogP contribution is -2.45. The van der Waals surface area contributed by atoms with Gasteiger partial charge in [0.1, 0.15) is 17.6 Å². The molecule has 4 rings (SSSR count). The number of amides is 3. The molecule has 2 N–H and O–H groups in total. The molecule has 198 valence electrons. The summed E-state index contributed by atoms with van der Waals surface area (Å²) in [5.74, 6) is -2.23. The minimum Gasteiger partial charge on any atom is -0.464 e. The summed E-state index contributed by atoms with van der Waals surface area (Å²) in [6.45, 7) is 0.155. The molecule has 2 aromatic carbocycles. The third-order valence-electron chi connectivity index (χ3n) is 6.07. The maximum Gasteiger partial charge on any atom is 0.355 e. The Morgan fingerprint density at radius 3 is 2.42 bits per heavy atom. The number of ether oxygens (including phenoxy) is 2. The van der Waals surface area contributed by atoms with Gasteiger partial charge in [0.25, 0.3) is 5.56 Å². The van der Waals surface area contributed by atoms with Crippen LogP contribution in [-0.2, 0) is 14.3 Å². The number of rotatable bonds is 6. The summed E-state index contributed by atoms with van der Waals surface area (Å²) in [7, 11) is 2.65. The van der Waals surface area contributed by atoms with Crippen molar-refractivity contribution < 1.29 is 28.2 Å². The number of benzene rings is 2. The van der Waals surface area contributed by atoms with E-state index in [-0.39, 0.29) is 30.0 Å². The topological polar surface area (TPSA) is 119 Å². The van der Waals surface area contributed by atoms with Gasteiger partial charge < -0.3 is 25.0 Å². The number of esters is 1. The Balaban J connectivity index is 1.54. The Labute approximate surface area is 221 Å². The molecule has 1 aromatic heterocycles. The summed E-state index contributed by atoms with van der Waals surface area (Å²) in [6, 6.07) is 12.7. The number of nitrogens with one attached hydrogen (secondary N) is 2. The Morgan fingerprint density at radius 1 is 1.03 bits per heavy atom. The van der Waals surface area contributed by atoms with Gasteiger partial charge in [0.2, 0.25) is 5.91 Å². The molecule has 38 heavy (non-hydrogen) atoms. The van der Waals surface area contributed by atoms with Gasteiger partial charge in [0.05, 0.1) is 24.6 Å². The number of nitrogens with zero attached hydrogens (tertiary/aromatic N) is 2. The summed E-state index contributed by atoms with van der Waals surface area (Å²) < 4.78 is 26.1. The number of likely N-dealkylation sites (tertiary alicyclic amines) is 1. The minimum atomic E-state index is -0.936. The molecule has 2 heterocycles. The van der Waals surface area contributed by atoms with Gasteiger partial charge in [-0.05, 0) is 42.5 Å². The molecule has 0 aliphatic carbocycles. The van der Waals surface area contributed by atoms with Crippen LogP contribution in [0.3, 0.4) is 0 Å². The predicted octanol–water partition coefficient (Wildman–Crippen LogP) is 3.68. The minimum absolute atomic E-state index is 0.0655. The van der Waals surface area contributed by atoms with Crippen LogP contribution in [0, 0.1) is 5.82 Å². The summed E-state index contributed by atoms with van der Waals surface area (Å²) in [4.78, 5) is 51.9. The number of carbonyl (C=O) groups is 3. The fourth-order valence-electron chi connectivity index (χ4n) is 4.15. The average Bonchev–Trinajstić information content (AvgIpc) is 3.35. The lowest BCUT2D eigenvalue weighted by Gasteiger charge is -2.24. The molecule has 12 heteroatoms. The molecule has 10 nitrogen and oxygen atoms in total. The van der Waals surface area contributed by atoms with Crippen LogP contribution in [0.4, 0.5) is 20.6 Å². The van der Waals surface area contributed by atoms with E-state index >= 15 is 4.39 Å². The molecule has 0 saturated carbocycles. The predicted molar refractivity (Wildman–Crippen MR) is 138 cm³/mol. The van der Waals surface area contributed by atoms with E-state index in [9.17, 15) is 19.2 Å². The molecule has 0 bridgehead atoms. The quantitative estimate of drug-likeness (QED) is 0.459. The highest BCUT2D eigenvalue weighted by Gasteiger charge is 2.40. The maximum absolute atomic E-state index is 15.1. The van der Waals surface area contributed by atoms with Gasteiger partial charge in [-0.3, -0.25) is 14.2 Å². The van der Waals surface area contributed by atoms with Crippen molar-refractivity contribution in [3.63, 3.8) is 0 Å². The molecule has 2 atom stereocenters. The van der Waals surface area contributed by atoms with Gasteiger partial charge in [-0.2, -0.15) is 0 Å². The van der Waals surface area contributed by atoms with Crippen LogP contribution < -0.4 is 16.2 Å². The molecule has 0 radical (unpaired) electrons. The van der Waals surface area contributed by atoms with E-state index in [1.165, 1.54) is 49.5 Å². The molecule has 1 saturated heterocycles. The second-order valence-electron chi connectivity index (χ2n) is 8.43. The van der Waals surface area contributed by atoms with Crippen molar-refractivity contribution in [2.24, 2.45) is 0 Å². The van der Waals surface area contributed by atoms with E-state index in [0.29, 0.717) is 10.7 Å². The van der Waals surface area contributed by atoms with Gasteiger partial charge in [0, 0.05) is 42.9 Å². The zero-order valence-electron chi connectivity index (χ0n) is 20.4. The highest BCUT2D eigenvalue weighted by molar-refractivity contribution is 6.30. The number of carbonyl (C=O) groups excluding carboxylic acids is 3. The number of hydrogen-bond acceptors (Lipinski definition) is 6. The van der Waals surface area contributed by atoms with Crippen molar-refractivity contribution in [3.05, 3.63) is 87.6 Å². The lowest BCUT2D eigenvalue weighted by molar-refractivity contribution is -0.119. The largest absolute Gasteiger partial charge is 0.464 e. The Morgan fingerprint density at radius 2 is 1.76 bits per heavy atom. The first-order valence-corrected chi connectivity index (χ1v) is 11.9. The van der Waals surface area contributed by atoms with E-state index in [0.717, 1.165) is 10.6 Å². The third kappa shape index (κ3) is 5.68. The number of hydrogen-bond donors (Lipinski definition) is 2. The normalized spacial score (nSPS) is 16.7. The van der Waals surface area contributed by atoms with Crippen molar-refractivity contribution in [2.45, 2.75) is 18.6 Å². The van der Waals surface area contributed by atoms with Gasteiger partial charge in [-0.25, -0.2) is 14.0 Å². The standard InChI is InChI=1S/C26H24ClFN4O6/c1-37-18-13-22(31(14-18)26(36)29-16-8-6-15(27)7-9-16)24(34)30-20-11-10-17(12-19(20)28)32-21(25(35)38-2)4-3-5-23(32)33/h3-12,18,22H,13-14H2,1-2H3,(H,29,36)(H,30,34)/t18-,22-/m1/s1. The van der Waals surface area contributed by atoms with Crippen LogP contribution in [0.25, 0.3) is 5.69 Å². The van der Waals surface area contributed by atoms with Crippen LogP contribution >= 0.6 is 11.6 Å². The monoisotopic (exact) mass is 542 g/mol. The smallest absolute Gasteiger partial charge is 0.355 e. The van der Waals surface area contributed by atoms with Gasteiger partial charge in [-0.15, -0.1) is 0 Å². The van der Waals surface area contributed by atoms with E-state index in [4.69, 9.17) is 21.1 Å². The Hall–Kier alpha value is -4.22. The number of anilines is 2. The zero-order valence-corrected chi connectivity index (χ0v) is 21.2. The molecule has 1 aliphatic rings. The molecule has 1 fully saturated rings. The maximum atomic E-state index is 15.1. The molecule has 0 spiro atoms. The summed E-state index contributed by atoms with van der Waals surface area (Å²) in [6.07, 6.45) is -0.187. The highest BCUT2D eigenvalue weighted by Crippen LogP contribution is 2.25. The van der Waals surface area contributed by atoms with Crippen molar-refractivity contribution in [2.75, 3.05) is 31.4 Å². The number of urea groups is 1. The summed E-state index contributed by atoms with van der Waals surface area (Å²) in [5.41, 5.74) is -0.265. The van der Waals surface area contributed by atoms with Gasteiger partial charge >= 0.3 is 12.0 Å². The highest BCUT2D eigenvalue weighted by atomic mass is 35.5. The second kappa shape index (κ2) is 11.4. The van der Waals surface area contributed by atoms with Crippen LogP contribution in [0.2, 0.25) is 5.02 Å². The van der Waals surface area contributed by atoms with Gasteiger partial charge in [0.15, 0.2) is 0 Å². The molecular weight excluding hydrogens is 519 g/mol. The SMILES string of the molecule is COC(=O)c1cccc(=O)n1-c1ccc(NC(=O)[C@H]2C[C@@H](OC)CN2C(=O)Nc2ccc(Cl)cc2)c(F)c1. The molecule has 1 aliphatic heterocycles. The van der Waals surface area contributed by atoms with Crippen LogP contribution in [0.5, 0.6) is 0 Å². The molecule has 0 unspecified atom stereocenters. The Bertz CT molecular complexity index is 1430. The third-order valence-corrected chi connectivity index (χ3v) is 6.32. The van der Waals surface area contributed by atoms with E-state index in [1.807, 2.05) is 0 Å². The number of methoxy groups -OCH3 is 2. The Kier molecular flexibility index (Phi) is 8.08. The van der Waals surface area contributed by atoms with Crippen molar-refractivity contribution in [3.8, 4) is 5.69 Å². The lowest BCUT2D eigenvalue weighted by atomic mass is 10.1. The first-order chi connectivity index (χ1) is 18.2. The number of pyridine rings is 1. The second-order valence-corrected chi connectivity index (χ2v) is 8.86. The molecule has 3 aromatic rings. The summed E-state index contributed by atoms with van der Waals surface area (Å²) >= 11 is 5.89.